The average Bonchev–Trinajstić information content (AvgIpc) is 2.75. The fourth-order valence-electron chi connectivity index (χ4n) is 1.72. The highest BCUT2D eigenvalue weighted by Gasteiger charge is 2.09. The molecule has 0 saturated carbocycles. The summed E-state index contributed by atoms with van der Waals surface area (Å²) < 4.78 is 18.8. The third-order valence-electron chi connectivity index (χ3n) is 2.92. The molecule has 0 bridgehead atoms. The van der Waals surface area contributed by atoms with Crippen molar-refractivity contribution in [2.45, 2.75) is 33.4 Å². The van der Waals surface area contributed by atoms with Crippen LogP contribution >= 0.6 is 0 Å². The first-order valence-electron chi connectivity index (χ1n) is 5.97. The largest absolute Gasteiger partial charge is 0.445 e. The molecule has 0 fully saturated rings. The van der Waals surface area contributed by atoms with E-state index in [0.717, 1.165) is 11.3 Å². The summed E-state index contributed by atoms with van der Waals surface area (Å²) in [6, 6.07) is 5.33. The van der Waals surface area contributed by atoms with Crippen LogP contribution in [-0.2, 0) is 6.54 Å². The van der Waals surface area contributed by atoms with Crippen molar-refractivity contribution in [2.75, 3.05) is 0 Å². The standard InChI is InChI=1S/C14H17FN2O/c1-9-4-5-12(6-13(9)15)11(3)16-8-14-17-7-10(2)18-14/h4-7,11,16H,8H2,1-3H3/t11-/m0/s1. The number of aromatic nitrogens is 1. The minimum Gasteiger partial charge on any atom is -0.445 e. The lowest BCUT2D eigenvalue weighted by molar-refractivity contribution is 0.431. The summed E-state index contributed by atoms with van der Waals surface area (Å²) in [6.45, 7) is 6.13. The number of aryl methyl sites for hydroxylation is 2. The van der Waals surface area contributed by atoms with E-state index in [-0.39, 0.29) is 11.9 Å². The maximum absolute atomic E-state index is 13.4. The van der Waals surface area contributed by atoms with Gasteiger partial charge in [-0.05, 0) is 38.0 Å². The molecule has 1 aromatic carbocycles. The fourth-order valence-corrected chi connectivity index (χ4v) is 1.72. The maximum atomic E-state index is 13.4. The highest BCUT2D eigenvalue weighted by atomic mass is 19.1. The molecule has 0 aliphatic rings. The Morgan fingerprint density at radius 3 is 2.78 bits per heavy atom. The second-order valence-electron chi connectivity index (χ2n) is 4.48. The van der Waals surface area contributed by atoms with Gasteiger partial charge in [0.2, 0.25) is 5.89 Å². The molecule has 0 aliphatic heterocycles. The molecule has 0 amide bonds. The number of nitrogens with zero attached hydrogens (tertiary/aromatic N) is 1. The summed E-state index contributed by atoms with van der Waals surface area (Å²) in [5, 5.41) is 3.25. The zero-order valence-electron chi connectivity index (χ0n) is 10.8. The lowest BCUT2D eigenvalue weighted by Gasteiger charge is -2.13. The van der Waals surface area contributed by atoms with Gasteiger partial charge in [0.05, 0.1) is 12.7 Å². The topological polar surface area (TPSA) is 38.1 Å². The summed E-state index contributed by atoms with van der Waals surface area (Å²) in [5.74, 6) is 1.26. The summed E-state index contributed by atoms with van der Waals surface area (Å²) in [4.78, 5) is 4.11. The van der Waals surface area contributed by atoms with Crippen LogP contribution in [0.2, 0.25) is 0 Å². The molecule has 0 radical (unpaired) electrons. The maximum Gasteiger partial charge on any atom is 0.208 e. The molecule has 0 aliphatic carbocycles. The molecule has 4 heteroatoms. The van der Waals surface area contributed by atoms with Crippen LogP contribution in [0.1, 0.15) is 35.7 Å². The first-order chi connectivity index (χ1) is 8.56. The highest BCUT2D eigenvalue weighted by molar-refractivity contribution is 5.25. The van der Waals surface area contributed by atoms with Gasteiger partial charge < -0.3 is 9.73 Å². The Balaban J connectivity index is 1.99. The summed E-state index contributed by atoms with van der Waals surface area (Å²) in [7, 11) is 0. The van der Waals surface area contributed by atoms with Gasteiger partial charge in [-0.25, -0.2) is 9.37 Å². The molecule has 96 valence electrons. The van der Waals surface area contributed by atoms with E-state index < -0.39 is 0 Å². The first-order valence-corrected chi connectivity index (χ1v) is 5.97. The van der Waals surface area contributed by atoms with Gasteiger partial charge in [-0.2, -0.15) is 0 Å². The molecule has 0 spiro atoms. The van der Waals surface area contributed by atoms with Gasteiger partial charge >= 0.3 is 0 Å². The number of hydrogen-bond donors (Lipinski definition) is 1. The minimum absolute atomic E-state index is 0.0484. The Morgan fingerprint density at radius 1 is 1.39 bits per heavy atom. The van der Waals surface area contributed by atoms with Crippen LogP contribution in [0.4, 0.5) is 4.39 Å². The first kappa shape index (κ1) is 12.8. The Bertz CT molecular complexity index is 536. The Morgan fingerprint density at radius 2 is 2.17 bits per heavy atom. The van der Waals surface area contributed by atoms with E-state index in [2.05, 4.69) is 10.3 Å². The molecule has 1 atom stereocenters. The van der Waals surface area contributed by atoms with E-state index >= 15 is 0 Å². The van der Waals surface area contributed by atoms with Crippen LogP contribution in [0, 0.1) is 19.7 Å². The SMILES string of the molecule is Cc1cnc(CN[C@@H](C)c2ccc(C)c(F)c2)o1. The van der Waals surface area contributed by atoms with Crippen molar-refractivity contribution in [1.82, 2.24) is 10.3 Å². The molecule has 2 rings (SSSR count). The number of benzene rings is 1. The molecule has 0 unspecified atom stereocenters. The van der Waals surface area contributed by atoms with E-state index in [9.17, 15) is 4.39 Å². The smallest absolute Gasteiger partial charge is 0.208 e. The van der Waals surface area contributed by atoms with Crippen LogP contribution in [0.25, 0.3) is 0 Å². The highest BCUT2D eigenvalue weighted by Crippen LogP contribution is 2.16. The Kier molecular flexibility index (Phi) is 3.77. The van der Waals surface area contributed by atoms with E-state index in [1.165, 1.54) is 0 Å². The minimum atomic E-state index is -0.173. The molecule has 0 saturated heterocycles. The fraction of sp³-hybridized carbons (Fsp3) is 0.357. The zero-order chi connectivity index (χ0) is 13.1. The van der Waals surface area contributed by atoms with Crippen molar-refractivity contribution in [3.8, 4) is 0 Å². The third kappa shape index (κ3) is 2.96. The van der Waals surface area contributed by atoms with Crippen molar-refractivity contribution in [3.63, 3.8) is 0 Å². The molecular weight excluding hydrogens is 231 g/mol. The van der Waals surface area contributed by atoms with Crippen molar-refractivity contribution in [3.05, 3.63) is 53.0 Å². The van der Waals surface area contributed by atoms with Gasteiger partial charge in [0.25, 0.3) is 0 Å². The van der Waals surface area contributed by atoms with Gasteiger partial charge in [0, 0.05) is 6.04 Å². The number of hydrogen-bond acceptors (Lipinski definition) is 3. The molecular formula is C14H17FN2O. The number of oxazole rings is 1. The molecule has 1 N–H and O–H groups in total. The Hall–Kier alpha value is -1.68. The lowest BCUT2D eigenvalue weighted by atomic mass is 10.1. The van der Waals surface area contributed by atoms with E-state index in [0.29, 0.717) is 18.0 Å². The van der Waals surface area contributed by atoms with E-state index in [4.69, 9.17) is 4.42 Å². The van der Waals surface area contributed by atoms with Crippen molar-refractivity contribution in [1.29, 1.82) is 0 Å². The summed E-state index contributed by atoms with van der Waals surface area (Å²) in [5.41, 5.74) is 1.58. The summed E-state index contributed by atoms with van der Waals surface area (Å²) in [6.07, 6.45) is 1.69. The predicted molar refractivity (Wildman–Crippen MR) is 67.6 cm³/mol. The van der Waals surface area contributed by atoms with Crippen LogP contribution < -0.4 is 5.32 Å². The lowest BCUT2D eigenvalue weighted by Crippen LogP contribution is -2.18. The molecule has 18 heavy (non-hydrogen) atoms. The van der Waals surface area contributed by atoms with Crippen LogP contribution in [0.15, 0.2) is 28.8 Å². The monoisotopic (exact) mass is 248 g/mol. The Labute approximate surface area is 106 Å². The van der Waals surface area contributed by atoms with Gasteiger partial charge in [-0.3, -0.25) is 0 Å². The van der Waals surface area contributed by atoms with Crippen molar-refractivity contribution in [2.24, 2.45) is 0 Å². The van der Waals surface area contributed by atoms with Crippen LogP contribution in [0.5, 0.6) is 0 Å². The summed E-state index contributed by atoms with van der Waals surface area (Å²) >= 11 is 0. The van der Waals surface area contributed by atoms with Gasteiger partial charge in [-0.15, -0.1) is 0 Å². The second kappa shape index (κ2) is 5.31. The normalized spacial score (nSPS) is 12.7. The van der Waals surface area contributed by atoms with Crippen molar-refractivity contribution < 1.29 is 8.81 Å². The molecule has 3 nitrogen and oxygen atoms in total. The quantitative estimate of drug-likeness (QED) is 0.902. The average molecular weight is 248 g/mol. The van der Waals surface area contributed by atoms with Gasteiger partial charge in [0.15, 0.2) is 0 Å². The number of rotatable bonds is 4. The van der Waals surface area contributed by atoms with E-state index in [1.54, 1.807) is 25.3 Å². The van der Waals surface area contributed by atoms with Crippen molar-refractivity contribution >= 4 is 0 Å². The van der Waals surface area contributed by atoms with Crippen LogP contribution in [0.3, 0.4) is 0 Å². The van der Waals surface area contributed by atoms with Crippen LogP contribution in [-0.4, -0.2) is 4.98 Å². The third-order valence-corrected chi connectivity index (χ3v) is 2.92. The predicted octanol–water partition coefficient (Wildman–Crippen LogP) is 3.28. The van der Waals surface area contributed by atoms with Gasteiger partial charge in [-0.1, -0.05) is 12.1 Å². The van der Waals surface area contributed by atoms with E-state index in [1.807, 2.05) is 19.9 Å². The zero-order valence-corrected chi connectivity index (χ0v) is 10.8. The molecule has 2 aromatic rings. The number of halogens is 1. The van der Waals surface area contributed by atoms with Gasteiger partial charge in [0.1, 0.15) is 11.6 Å². The molecule has 1 aromatic heterocycles. The second-order valence-corrected chi connectivity index (χ2v) is 4.48. The molecule has 1 heterocycles. The number of nitrogens with one attached hydrogen (secondary N) is 1.